The fourth-order valence-corrected chi connectivity index (χ4v) is 3.11. The van der Waals surface area contributed by atoms with E-state index in [2.05, 4.69) is 64.8 Å². The molecule has 1 heterocycles. The van der Waals surface area contributed by atoms with E-state index in [-0.39, 0.29) is 0 Å². The lowest BCUT2D eigenvalue weighted by Gasteiger charge is -2.15. The molecule has 0 fully saturated rings. The Morgan fingerprint density at radius 3 is 2.54 bits per heavy atom. The molecule has 0 bridgehead atoms. The maximum Gasteiger partial charge on any atom is 0.159 e. The highest BCUT2D eigenvalue weighted by molar-refractivity contribution is 14.1. The Hall–Kier alpha value is -2.02. The number of benzene rings is 2. The van der Waals surface area contributed by atoms with Crippen LogP contribution in [0.25, 0.3) is 11.3 Å². The van der Waals surface area contributed by atoms with Crippen LogP contribution in [0.4, 0.5) is 5.82 Å². The lowest BCUT2D eigenvalue weighted by molar-refractivity contribution is 0.302. The summed E-state index contributed by atoms with van der Waals surface area (Å²) >= 11 is 2.22. The van der Waals surface area contributed by atoms with Crippen molar-refractivity contribution in [3.8, 4) is 17.0 Å². The van der Waals surface area contributed by atoms with Crippen LogP contribution < -0.4 is 10.5 Å². The van der Waals surface area contributed by atoms with Crippen LogP contribution in [0.5, 0.6) is 5.75 Å². The van der Waals surface area contributed by atoms with Crippen molar-refractivity contribution in [2.75, 3.05) is 5.73 Å². The Kier molecular flexibility index (Phi) is 5.08. The van der Waals surface area contributed by atoms with Crippen LogP contribution in [0.2, 0.25) is 0 Å². The largest absolute Gasteiger partial charge is 0.489 e. The molecule has 4 nitrogen and oxygen atoms in total. The zero-order valence-corrected chi connectivity index (χ0v) is 15.9. The number of ether oxygens (including phenoxy) is 1. The van der Waals surface area contributed by atoms with E-state index in [4.69, 9.17) is 10.5 Å². The van der Waals surface area contributed by atoms with Gasteiger partial charge in [0.05, 0.1) is 9.26 Å². The third-order valence-electron chi connectivity index (χ3n) is 3.89. The molecule has 0 saturated carbocycles. The van der Waals surface area contributed by atoms with Crippen molar-refractivity contribution in [2.45, 2.75) is 26.4 Å². The highest BCUT2D eigenvalue weighted by atomic mass is 127. The van der Waals surface area contributed by atoms with Gasteiger partial charge < -0.3 is 10.5 Å². The van der Waals surface area contributed by atoms with Crippen molar-refractivity contribution in [1.29, 1.82) is 0 Å². The molecule has 0 spiro atoms. The van der Waals surface area contributed by atoms with Gasteiger partial charge in [0.1, 0.15) is 12.4 Å². The second-order valence-electron chi connectivity index (χ2n) is 5.98. The Morgan fingerprint density at radius 1 is 1.17 bits per heavy atom. The average molecular weight is 433 g/mol. The van der Waals surface area contributed by atoms with Crippen LogP contribution in [-0.2, 0) is 6.61 Å². The molecule has 0 unspecified atom stereocenters. The molecule has 1 aromatic heterocycles. The molecular weight excluding hydrogens is 413 g/mol. The summed E-state index contributed by atoms with van der Waals surface area (Å²) < 4.78 is 7.00. The van der Waals surface area contributed by atoms with Crippen molar-refractivity contribution in [3.05, 3.63) is 63.2 Å². The molecule has 0 amide bonds. The Morgan fingerprint density at radius 2 is 1.92 bits per heavy atom. The smallest absolute Gasteiger partial charge is 0.159 e. The van der Waals surface area contributed by atoms with E-state index in [1.165, 1.54) is 5.56 Å². The van der Waals surface area contributed by atoms with Crippen molar-refractivity contribution in [3.63, 3.8) is 0 Å². The second-order valence-corrected chi connectivity index (χ2v) is 7.06. The van der Waals surface area contributed by atoms with Gasteiger partial charge in [-0.2, -0.15) is 5.10 Å². The zero-order valence-electron chi connectivity index (χ0n) is 13.7. The van der Waals surface area contributed by atoms with Crippen LogP contribution >= 0.6 is 22.6 Å². The van der Waals surface area contributed by atoms with Gasteiger partial charge in [-0.15, -0.1) is 0 Å². The molecule has 0 aliphatic heterocycles. The number of rotatable bonds is 5. The van der Waals surface area contributed by atoms with Crippen LogP contribution in [-0.4, -0.2) is 10.2 Å². The molecular formula is C19H20IN3O. The third kappa shape index (κ3) is 3.56. The molecule has 3 N–H and O–H groups in total. The maximum absolute atomic E-state index is 6.06. The quantitative estimate of drug-likeness (QED) is 0.559. The minimum Gasteiger partial charge on any atom is -0.489 e. The maximum atomic E-state index is 6.06. The lowest BCUT2D eigenvalue weighted by atomic mass is 9.98. The van der Waals surface area contributed by atoms with E-state index in [0.717, 1.165) is 26.1 Å². The predicted molar refractivity (Wildman–Crippen MR) is 106 cm³/mol. The first-order valence-electron chi connectivity index (χ1n) is 7.86. The Bertz CT molecular complexity index is 828. The van der Waals surface area contributed by atoms with E-state index < -0.39 is 0 Å². The molecule has 5 heteroatoms. The number of aromatic amines is 1. The summed E-state index contributed by atoms with van der Waals surface area (Å²) in [6.07, 6.45) is 0. The SMILES string of the molecule is CC(C)c1cc(-c2[nH]nc(N)c2I)ccc1OCc1ccccc1. The number of hydrogen-bond acceptors (Lipinski definition) is 3. The summed E-state index contributed by atoms with van der Waals surface area (Å²) in [6.45, 7) is 4.90. The summed E-state index contributed by atoms with van der Waals surface area (Å²) in [5.41, 5.74) is 10.2. The van der Waals surface area contributed by atoms with E-state index in [9.17, 15) is 0 Å². The highest BCUT2D eigenvalue weighted by Gasteiger charge is 2.14. The van der Waals surface area contributed by atoms with Gasteiger partial charge in [-0.05, 0) is 57.8 Å². The van der Waals surface area contributed by atoms with Crippen molar-refractivity contribution in [2.24, 2.45) is 0 Å². The van der Waals surface area contributed by atoms with Gasteiger partial charge in [-0.1, -0.05) is 44.2 Å². The van der Waals surface area contributed by atoms with Crippen LogP contribution in [0.15, 0.2) is 48.5 Å². The normalized spacial score (nSPS) is 11.0. The van der Waals surface area contributed by atoms with Gasteiger partial charge in [0, 0.05) is 5.56 Å². The predicted octanol–water partition coefficient (Wildman–Crippen LogP) is 4.97. The van der Waals surface area contributed by atoms with Gasteiger partial charge >= 0.3 is 0 Å². The fourth-order valence-electron chi connectivity index (χ4n) is 2.56. The van der Waals surface area contributed by atoms with Crippen LogP contribution in [0.3, 0.4) is 0 Å². The zero-order chi connectivity index (χ0) is 17.1. The number of aromatic nitrogens is 2. The number of anilines is 1. The summed E-state index contributed by atoms with van der Waals surface area (Å²) in [5, 5.41) is 7.09. The minimum absolute atomic E-state index is 0.355. The molecule has 24 heavy (non-hydrogen) atoms. The number of halogens is 1. The first kappa shape index (κ1) is 16.8. The molecule has 124 valence electrons. The topological polar surface area (TPSA) is 63.9 Å². The van der Waals surface area contributed by atoms with Gasteiger partial charge in [-0.3, -0.25) is 5.10 Å². The lowest BCUT2D eigenvalue weighted by Crippen LogP contribution is -2.00. The first-order valence-corrected chi connectivity index (χ1v) is 8.94. The Balaban J connectivity index is 1.89. The summed E-state index contributed by atoms with van der Waals surface area (Å²) in [4.78, 5) is 0. The fraction of sp³-hybridized carbons (Fsp3) is 0.211. The molecule has 0 aliphatic rings. The van der Waals surface area contributed by atoms with Crippen LogP contribution in [0, 0.1) is 3.57 Å². The summed E-state index contributed by atoms with van der Waals surface area (Å²) in [6, 6.07) is 16.4. The monoisotopic (exact) mass is 433 g/mol. The van der Waals surface area contributed by atoms with Gasteiger partial charge in [0.25, 0.3) is 0 Å². The molecule has 0 radical (unpaired) electrons. The third-order valence-corrected chi connectivity index (χ3v) is 4.98. The van der Waals surface area contributed by atoms with E-state index in [0.29, 0.717) is 18.3 Å². The number of hydrogen-bond donors (Lipinski definition) is 2. The van der Waals surface area contributed by atoms with E-state index in [1.807, 2.05) is 30.3 Å². The van der Waals surface area contributed by atoms with Crippen molar-refractivity contribution >= 4 is 28.4 Å². The Labute approximate surface area is 155 Å². The molecule has 2 aromatic carbocycles. The average Bonchev–Trinajstić information content (AvgIpc) is 2.93. The number of nitrogens with two attached hydrogens (primary N) is 1. The van der Waals surface area contributed by atoms with Gasteiger partial charge in [-0.25, -0.2) is 0 Å². The van der Waals surface area contributed by atoms with E-state index in [1.54, 1.807) is 0 Å². The number of nitrogens with zero attached hydrogens (tertiary/aromatic N) is 1. The molecule has 0 atom stereocenters. The number of nitrogen functional groups attached to an aromatic ring is 1. The molecule has 3 rings (SSSR count). The molecule has 3 aromatic rings. The molecule has 0 aliphatic carbocycles. The number of H-pyrrole nitrogens is 1. The second kappa shape index (κ2) is 7.25. The standard InChI is InChI=1S/C19H20IN3O/c1-12(2)15-10-14(18-17(20)19(21)23-22-18)8-9-16(15)24-11-13-6-4-3-5-7-13/h3-10,12H,11H2,1-2H3,(H3,21,22,23). The van der Waals surface area contributed by atoms with Crippen molar-refractivity contribution < 1.29 is 4.74 Å². The first-order chi connectivity index (χ1) is 11.6. The molecule has 0 saturated heterocycles. The highest BCUT2D eigenvalue weighted by Crippen LogP contribution is 2.34. The minimum atomic E-state index is 0.355. The van der Waals surface area contributed by atoms with E-state index >= 15 is 0 Å². The number of nitrogens with one attached hydrogen (secondary N) is 1. The van der Waals surface area contributed by atoms with Gasteiger partial charge in [0.15, 0.2) is 5.82 Å². The van der Waals surface area contributed by atoms with Crippen LogP contribution in [0.1, 0.15) is 30.9 Å². The summed E-state index contributed by atoms with van der Waals surface area (Å²) in [7, 11) is 0. The van der Waals surface area contributed by atoms with Gasteiger partial charge in [0.2, 0.25) is 0 Å². The summed E-state index contributed by atoms with van der Waals surface area (Å²) in [5.74, 6) is 1.80. The van der Waals surface area contributed by atoms with Crippen molar-refractivity contribution in [1.82, 2.24) is 10.2 Å².